The van der Waals surface area contributed by atoms with E-state index in [9.17, 15) is 19.5 Å². The van der Waals surface area contributed by atoms with Crippen molar-refractivity contribution in [2.45, 2.75) is 167 Å². The Labute approximate surface area is 311 Å². The van der Waals surface area contributed by atoms with Crippen LogP contribution in [-0.2, 0) is 33.3 Å². The zero-order valence-electron chi connectivity index (χ0n) is 33.3. The minimum atomic E-state index is -1.51. The van der Waals surface area contributed by atoms with Crippen LogP contribution in [0.3, 0.4) is 0 Å². The zero-order valence-corrected chi connectivity index (χ0v) is 33.3. The first kappa shape index (κ1) is 48.5. The molecule has 0 saturated heterocycles. The van der Waals surface area contributed by atoms with E-state index in [1.54, 1.807) is 0 Å². The maximum atomic E-state index is 12.7. The lowest BCUT2D eigenvalue weighted by molar-refractivity contribution is -0.870. The number of carboxylic acids is 1. The quantitative estimate of drug-likeness (QED) is 0.0224. The molecule has 1 N–H and O–H groups in total. The minimum Gasteiger partial charge on any atom is -0.477 e. The van der Waals surface area contributed by atoms with Crippen molar-refractivity contribution < 1.29 is 42.9 Å². The SMILES string of the molecule is CC/C=C\C/C=C\C/C=C\CCCCCC(=O)OC(COC(=O)CCCCCCCCCCCCCCC)COC(OCC[N+](C)(C)C)C(=O)O. The molecule has 0 heterocycles. The van der Waals surface area contributed by atoms with Crippen LogP contribution in [0.15, 0.2) is 36.5 Å². The molecular weight excluding hydrogens is 646 g/mol. The van der Waals surface area contributed by atoms with E-state index in [0.717, 1.165) is 57.8 Å². The number of aliphatic carboxylic acids is 1. The summed E-state index contributed by atoms with van der Waals surface area (Å²) in [5.74, 6) is -2.05. The van der Waals surface area contributed by atoms with Gasteiger partial charge in [0.1, 0.15) is 13.2 Å². The number of carboxylic acid groups (broad SMARTS) is 1. The van der Waals surface area contributed by atoms with Crippen LogP contribution in [-0.4, -0.2) is 87.4 Å². The third kappa shape index (κ3) is 35.7. The number of hydrogen-bond donors (Lipinski definition) is 1. The highest BCUT2D eigenvalue weighted by Gasteiger charge is 2.25. The number of unbranched alkanes of at least 4 members (excludes halogenated alkanes) is 15. The van der Waals surface area contributed by atoms with Crippen molar-refractivity contribution in [3.63, 3.8) is 0 Å². The minimum absolute atomic E-state index is 0.182. The first-order valence-electron chi connectivity index (χ1n) is 20.2. The van der Waals surface area contributed by atoms with Crippen molar-refractivity contribution in [3.8, 4) is 0 Å². The fraction of sp³-hybridized carbons (Fsp3) is 0.786. The first-order chi connectivity index (χ1) is 24.6. The van der Waals surface area contributed by atoms with Gasteiger partial charge in [-0.1, -0.05) is 134 Å². The Morgan fingerprint density at radius 1 is 0.608 bits per heavy atom. The topological polar surface area (TPSA) is 108 Å². The number of nitrogens with zero attached hydrogens (tertiary/aromatic N) is 1. The number of ether oxygens (including phenoxy) is 4. The van der Waals surface area contributed by atoms with E-state index < -0.39 is 24.3 Å². The van der Waals surface area contributed by atoms with E-state index in [1.165, 1.54) is 64.2 Å². The number of carbonyl (C=O) groups is 3. The molecule has 0 saturated carbocycles. The maximum Gasteiger partial charge on any atom is 0.361 e. The van der Waals surface area contributed by atoms with Crippen molar-refractivity contribution in [1.29, 1.82) is 0 Å². The van der Waals surface area contributed by atoms with Gasteiger partial charge in [0.05, 0.1) is 34.4 Å². The molecule has 2 atom stereocenters. The van der Waals surface area contributed by atoms with Crippen LogP contribution in [0.1, 0.15) is 155 Å². The van der Waals surface area contributed by atoms with Crippen LogP contribution in [0, 0.1) is 0 Å². The van der Waals surface area contributed by atoms with Crippen molar-refractivity contribution in [1.82, 2.24) is 0 Å². The molecule has 0 bridgehead atoms. The van der Waals surface area contributed by atoms with E-state index in [2.05, 4.69) is 50.3 Å². The highest BCUT2D eigenvalue weighted by Crippen LogP contribution is 2.14. The Bertz CT molecular complexity index is 940. The van der Waals surface area contributed by atoms with Crippen LogP contribution in [0.5, 0.6) is 0 Å². The summed E-state index contributed by atoms with van der Waals surface area (Å²) in [7, 11) is 5.93. The Morgan fingerprint density at radius 2 is 1.12 bits per heavy atom. The van der Waals surface area contributed by atoms with Crippen LogP contribution in [0.25, 0.3) is 0 Å². The molecule has 0 aromatic carbocycles. The molecule has 296 valence electrons. The Hall–Kier alpha value is -2.49. The van der Waals surface area contributed by atoms with E-state index in [0.29, 0.717) is 23.9 Å². The molecule has 2 unspecified atom stereocenters. The lowest BCUT2D eigenvalue weighted by Gasteiger charge is -2.25. The molecule has 0 aromatic rings. The molecule has 0 aromatic heterocycles. The van der Waals surface area contributed by atoms with Crippen LogP contribution >= 0.6 is 0 Å². The summed E-state index contributed by atoms with van der Waals surface area (Å²) in [4.78, 5) is 36.9. The number of carbonyl (C=O) groups excluding carboxylic acids is 2. The van der Waals surface area contributed by atoms with Gasteiger partial charge in [-0.2, -0.15) is 0 Å². The highest BCUT2D eigenvalue weighted by molar-refractivity contribution is 5.71. The van der Waals surface area contributed by atoms with Crippen LogP contribution in [0.4, 0.5) is 0 Å². The van der Waals surface area contributed by atoms with E-state index in [-0.39, 0.29) is 32.2 Å². The standard InChI is InChI=1S/C42H75NO8/c1-6-8-10-12-14-16-18-20-22-24-26-28-30-32-39(44)49-36-38(37-50-42(41(46)47)48-35-34-43(3,4)5)51-40(45)33-31-29-27-25-23-21-19-17-15-13-11-9-7-2/h9,11,15,17,21,23,38,42H,6-8,10,12-14,16,18-20,22,24-37H2,1-5H3/p+1/b11-9-,17-15-,23-21-. The second kappa shape index (κ2) is 34.6. The summed E-state index contributed by atoms with van der Waals surface area (Å²) in [6, 6.07) is 0. The summed E-state index contributed by atoms with van der Waals surface area (Å²) < 4.78 is 22.6. The first-order valence-corrected chi connectivity index (χ1v) is 20.2. The molecule has 0 rings (SSSR count). The Morgan fingerprint density at radius 3 is 1.67 bits per heavy atom. The number of rotatable bonds is 36. The van der Waals surface area contributed by atoms with Gasteiger partial charge in [0.25, 0.3) is 6.29 Å². The number of hydrogen-bond acceptors (Lipinski definition) is 7. The molecule has 0 aliphatic rings. The normalized spacial score (nSPS) is 13.4. The second-order valence-electron chi connectivity index (χ2n) is 14.6. The number of quaternary nitrogens is 1. The summed E-state index contributed by atoms with van der Waals surface area (Å²) in [6.07, 6.45) is 33.5. The third-order valence-corrected chi connectivity index (χ3v) is 8.41. The Balaban J connectivity index is 4.55. The van der Waals surface area contributed by atoms with Gasteiger partial charge in [0, 0.05) is 12.8 Å². The van der Waals surface area contributed by atoms with Gasteiger partial charge in [0.2, 0.25) is 0 Å². The van der Waals surface area contributed by atoms with Gasteiger partial charge in [0.15, 0.2) is 6.10 Å². The van der Waals surface area contributed by atoms with E-state index in [4.69, 9.17) is 18.9 Å². The molecule has 9 heteroatoms. The molecule has 0 aliphatic heterocycles. The summed E-state index contributed by atoms with van der Waals surface area (Å²) in [5, 5.41) is 9.59. The molecule has 0 spiro atoms. The molecule has 9 nitrogen and oxygen atoms in total. The van der Waals surface area contributed by atoms with Gasteiger partial charge in [-0.05, 0) is 44.9 Å². The summed E-state index contributed by atoms with van der Waals surface area (Å²) >= 11 is 0. The summed E-state index contributed by atoms with van der Waals surface area (Å²) in [5.41, 5.74) is 0. The molecule has 0 amide bonds. The van der Waals surface area contributed by atoms with Crippen molar-refractivity contribution in [3.05, 3.63) is 36.5 Å². The fourth-order valence-electron chi connectivity index (χ4n) is 5.26. The zero-order chi connectivity index (χ0) is 37.8. The smallest absolute Gasteiger partial charge is 0.361 e. The van der Waals surface area contributed by atoms with Gasteiger partial charge in [-0.3, -0.25) is 9.59 Å². The molecular formula is C42H76NO8+. The predicted molar refractivity (Wildman–Crippen MR) is 207 cm³/mol. The third-order valence-electron chi connectivity index (χ3n) is 8.41. The van der Waals surface area contributed by atoms with E-state index >= 15 is 0 Å². The maximum absolute atomic E-state index is 12.7. The Kier molecular flexibility index (Phi) is 32.9. The second-order valence-corrected chi connectivity index (χ2v) is 14.6. The molecule has 0 radical (unpaired) electrons. The van der Waals surface area contributed by atoms with Gasteiger partial charge >= 0.3 is 17.9 Å². The van der Waals surface area contributed by atoms with Gasteiger partial charge < -0.3 is 28.5 Å². The van der Waals surface area contributed by atoms with Gasteiger partial charge in [-0.25, -0.2) is 4.79 Å². The summed E-state index contributed by atoms with van der Waals surface area (Å²) in [6.45, 7) is 4.70. The van der Waals surface area contributed by atoms with Crippen molar-refractivity contribution in [2.75, 3.05) is 47.5 Å². The number of esters is 2. The predicted octanol–water partition coefficient (Wildman–Crippen LogP) is 9.88. The fourth-order valence-corrected chi connectivity index (χ4v) is 5.26. The average molecular weight is 723 g/mol. The average Bonchev–Trinajstić information content (AvgIpc) is 3.08. The molecule has 0 aliphatic carbocycles. The van der Waals surface area contributed by atoms with Crippen molar-refractivity contribution >= 4 is 17.9 Å². The van der Waals surface area contributed by atoms with Crippen molar-refractivity contribution in [2.24, 2.45) is 0 Å². The monoisotopic (exact) mass is 723 g/mol. The molecule has 0 fully saturated rings. The van der Waals surface area contributed by atoms with E-state index in [1.807, 2.05) is 21.1 Å². The lowest BCUT2D eigenvalue weighted by Crippen LogP contribution is -2.40. The lowest BCUT2D eigenvalue weighted by atomic mass is 10.0. The number of likely N-dealkylation sites (N-methyl/N-ethyl adjacent to an activating group) is 1. The van der Waals surface area contributed by atoms with Crippen LogP contribution < -0.4 is 0 Å². The van der Waals surface area contributed by atoms with Gasteiger partial charge in [-0.15, -0.1) is 0 Å². The van der Waals surface area contributed by atoms with Crippen LogP contribution in [0.2, 0.25) is 0 Å². The molecule has 51 heavy (non-hydrogen) atoms. The highest BCUT2D eigenvalue weighted by atomic mass is 16.7. The number of allylic oxidation sites excluding steroid dienone is 6. The largest absolute Gasteiger partial charge is 0.477 e.